The smallest absolute Gasteiger partial charge is 0.335 e. The summed E-state index contributed by atoms with van der Waals surface area (Å²) in [6.07, 6.45) is 0.158. The maximum absolute atomic E-state index is 10.7. The zero-order chi connectivity index (χ0) is 14.5. The number of carbonyl (C=O) groups is 1. The maximum atomic E-state index is 10.7. The summed E-state index contributed by atoms with van der Waals surface area (Å²) < 4.78 is 11.2. The van der Waals surface area contributed by atoms with Crippen LogP contribution in [0.1, 0.15) is 38.1 Å². The highest BCUT2D eigenvalue weighted by atomic mass is 16.5. The molecule has 0 spiro atoms. The third kappa shape index (κ3) is 5.30. The van der Waals surface area contributed by atoms with Gasteiger partial charge in [-0.1, -0.05) is 20.8 Å². The Bertz CT molecular complexity index is 403. The first-order chi connectivity index (χ1) is 8.80. The number of carboxylic acids is 1. The van der Waals surface area contributed by atoms with Gasteiger partial charge in [0, 0.05) is 0 Å². The SMILES string of the molecule is CC(OCCOc1ccc(C(=O)O)cc1)C(C)(C)C. The van der Waals surface area contributed by atoms with Gasteiger partial charge in [-0.2, -0.15) is 0 Å². The first kappa shape index (κ1) is 15.5. The van der Waals surface area contributed by atoms with E-state index in [2.05, 4.69) is 20.8 Å². The Balaban J connectivity index is 2.32. The van der Waals surface area contributed by atoms with Crippen LogP contribution in [-0.2, 0) is 4.74 Å². The summed E-state index contributed by atoms with van der Waals surface area (Å²) in [6.45, 7) is 9.39. The van der Waals surface area contributed by atoms with Gasteiger partial charge in [0.25, 0.3) is 0 Å². The molecule has 1 rings (SSSR count). The number of hydrogen-bond donors (Lipinski definition) is 1. The van der Waals surface area contributed by atoms with Crippen molar-refractivity contribution < 1.29 is 19.4 Å². The molecule has 0 aliphatic carbocycles. The molecule has 106 valence electrons. The monoisotopic (exact) mass is 266 g/mol. The van der Waals surface area contributed by atoms with Crippen molar-refractivity contribution in [2.75, 3.05) is 13.2 Å². The second-order valence-corrected chi connectivity index (χ2v) is 5.56. The van der Waals surface area contributed by atoms with Crippen molar-refractivity contribution in [3.63, 3.8) is 0 Å². The number of ether oxygens (including phenoxy) is 2. The second-order valence-electron chi connectivity index (χ2n) is 5.56. The van der Waals surface area contributed by atoms with Crippen LogP contribution in [0.25, 0.3) is 0 Å². The van der Waals surface area contributed by atoms with Gasteiger partial charge in [-0.05, 0) is 36.6 Å². The Kier molecular flexibility index (Phi) is 5.36. The molecule has 1 atom stereocenters. The number of hydrogen-bond acceptors (Lipinski definition) is 3. The van der Waals surface area contributed by atoms with Crippen molar-refractivity contribution in [3.05, 3.63) is 29.8 Å². The minimum absolute atomic E-state index is 0.114. The molecule has 0 fully saturated rings. The zero-order valence-corrected chi connectivity index (χ0v) is 12.0. The fraction of sp³-hybridized carbons (Fsp3) is 0.533. The standard InChI is InChI=1S/C15H22O4/c1-11(15(2,3)4)18-9-10-19-13-7-5-12(6-8-13)14(16)17/h5-8,11H,9-10H2,1-4H3,(H,16,17). The molecule has 4 heteroatoms. The van der Waals surface area contributed by atoms with Crippen LogP contribution in [0.3, 0.4) is 0 Å². The first-order valence-corrected chi connectivity index (χ1v) is 6.38. The molecule has 0 bridgehead atoms. The van der Waals surface area contributed by atoms with Gasteiger partial charge in [0.2, 0.25) is 0 Å². The lowest BCUT2D eigenvalue weighted by molar-refractivity contribution is -0.0164. The van der Waals surface area contributed by atoms with E-state index in [1.165, 1.54) is 12.1 Å². The molecule has 1 aromatic rings. The predicted octanol–water partition coefficient (Wildman–Crippen LogP) is 3.21. The number of benzene rings is 1. The third-order valence-corrected chi connectivity index (χ3v) is 3.04. The van der Waals surface area contributed by atoms with Crippen molar-refractivity contribution in [1.29, 1.82) is 0 Å². The largest absolute Gasteiger partial charge is 0.491 e. The van der Waals surface area contributed by atoms with E-state index in [0.29, 0.717) is 19.0 Å². The molecule has 0 saturated heterocycles. The van der Waals surface area contributed by atoms with E-state index in [9.17, 15) is 4.79 Å². The van der Waals surface area contributed by atoms with Crippen molar-refractivity contribution in [2.45, 2.75) is 33.8 Å². The van der Waals surface area contributed by atoms with Gasteiger partial charge in [-0.3, -0.25) is 0 Å². The normalized spacial score (nSPS) is 13.1. The fourth-order valence-electron chi connectivity index (χ4n) is 1.33. The van der Waals surface area contributed by atoms with Gasteiger partial charge >= 0.3 is 5.97 Å². The van der Waals surface area contributed by atoms with Crippen molar-refractivity contribution in [2.24, 2.45) is 5.41 Å². The molecule has 0 aromatic heterocycles. The highest BCUT2D eigenvalue weighted by Gasteiger charge is 2.20. The van der Waals surface area contributed by atoms with E-state index in [1.54, 1.807) is 12.1 Å². The lowest BCUT2D eigenvalue weighted by Crippen LogP contribution is -2.27. The molecule has 0 amide bonds. The van der Waals surface area contributed by atoms with Crippen LogP contribution >= 0.6 is 0 Å². The van der Waals surface area contributed by atoms with Crippen LogP contribution in [0.4, 0.5) is 0 Å². The Morgan fingerprint density at radius 1 is 1.21 bits per heavy atom. The third-order valence-electron chi connectivity index (χ3n) is 3.04. The molecular formula is C15H22O4. The second kappa shape index (κ2) is 6.57. The predicted molar refractivity (Wildman–Crippen MR) is 73.8 cm³/mol. The molecule has 0 saturated carbocycles. The highest BCUT2D eigenvalue weighted by Crippen LogP contribution is 2.21. The van der Waals surface area contributed by atoms with Crippen molar-refractivity contribution >= 4 is 5.97 Å². The van der Waals surface area contributed by atoms with Crippen molar-refractivity contribution in [1.82, 2.24) is 0 Å². The van der Waals surface area contributed by atoms with E-state index in [4.69, 9.17) is 14.6 Å². The average molecular weight is 266 g/mol. The van der Waals surface area contributed by atoms with Crippen LogP contribution in [0.15, 0.2) is 24.3 Å². The highest BCUT2D eigenvalue weighted by molar-refractivity contribution is 5.87. The van der Waals surface area contributed by atoms with Gasteiger partial charge in [0.1, 0.15) is 12.4 Å². The minimum Gasteiger partial charge on any atom is -0.491 e. The Labute approximate surface area is 114 Å². The summed E-state index contributed by atoms with van der Waals surface area (Å²) in [5.74, 6) is -0.286. The number of rotatable bonds is 6. The van der Waals surface area contributed by atoms with Crippen LogP contribution < -0.4 is 4.74 Å². The van der Waals surface area contributed by atoms with Gasteiger partial charge in [0.05, 0.1) is 18.3 Å². The van der Waals surface area contributed by atoms with Crippen LogP contribution in [0.5, 0.6) is 5.75 Å². The molecule has 1 aromatic carbocycles. The van der Waals surface area contributed by atoms with E-state index < -0.39 is 5.97 Å². The molecule has 1 N–H and O–H groups in total. The molecule has 0 aliphatic rings. The van der Waals surface area contributed by atoms with Gasteiger partial charge in [-0.15, -0.1) is 0 Å². The quantitative estimate of drug-likeness (QED) is 0.803. The topological polar surface area (TPSA) is 55.8 Å². The zero-order valence-electron chi connectivity index (χ0n) is 12.0. The Hall–Kier alpha value is -1.55. The summed E-state index contributed by atoms with van der Waals surface area (Å²) >= 11 is 0. The molecular weight excluding hydrogens is 244 g/mol. The summed E-state index contributed by atoms with van der Waals surface area (Å²) in [6, 6.07) is 6.35. The van der Waals surface area contributed by atoms with E-state index in [-0.39, 0.29) is 17.1 Å². The fourth-order valence-corrected chi connectivity index (χ4v) is 1.33. The Morgan fingerprint density at radius 2 is 1.79 bits per heavy atom. The molecule has 0 aliphatic heterocycles. The van der Waals surface area contributed by atoms with E-state index >= 15 is 0 Å². The van der Waals surface area contributed by atoms with E-state index in [1.807, 2.05) is 6.92 Å². The first-order valence-electron chi connectivity index (χ1n) is 6.38. The number of aromatic carboxylic acids is 1. The minimum atomic E-state index is -0.936. The average Bonchev–Trinajstić information content (AvgIpc) is 2.33. The van der Waals surface area contributed by atoms with Crippen molar-refractivity contribution in [3.8, 4) is 5.75 Å². The summed E-state index contributed by atoms with van der Waals surface area (Å²) in [7, 11) is 0. The van der Waals surface area contributed by atoms with Crippen LogP contribution in [0, 0.1) is 5.41 Å². The lowest BCUT2D eigenvalue weighted by atomic mass is 9.90. The van der Waals surface area contributed by atoms with Gasteiger partial charge in [0.15, 0.2) is 0 Å². The summed E-state index contributed by atoms with van der Waals surface area (Å²) in [5, 5.41) is 8.77. The summed E-state index contributed by atoms with van der Waals surface area (Å²) in [4.78, 5) is 10.7. The van der Waals surface area contributed by atoms with Crippen LogP contribution in [-0.4, -0.2) is 30.4 Å². The van der Waals surface area contributed by atoms with Gasteiger partial charge < -0.3 is 14.6 Å². The van der Waals surface area contributed by atoms with Gasteiger partial charge in [-0.25, -0.2) is 4.79 Å². The summed E-state index contributed by atoms with van der Waals surface area (Å²) in [5.41, 5.74) is 0.369. The molecule has 0 radical (unpaired) electrons. The molecule has 19 heavy (non-hydrogen) atoms. The molecule has 1 unspecified atom stereocenters. The lowest BCUT2D eigenvalue weighted by Gasteiger charge is -2.27. The van der Waals surface area contributed by atoms with Crippen LogP contribution in [0.2, 0.25) is 0 Å². The molecule has 0 heterocycles. The number of carboxylic acid groups (broad SMARTS) is 1. The maximum Gasteiger partial charge on any atom is 0.335 e. The molecule has 4 nitrogen and oxygen atoms in total. The van der Waals surface area contributed by atoms with E-state index in [0.717, 1.165) is 0 Å². The Morgan fingerprint density at radius 3 is 2.26 bits per heavy atom.